The largest absolute Gasteiger partial charge is 0.461 e. The molecule has 0 unspecified atom stereocenters. The number of rotatable bonds is 5. The minimum Gasteiger partial charge on any atom is -0.461 e. The summed E-state index contributed by atoms with van der Waals surface area (Å²) < 4.78 is 10.6. The first-order chi connectivity index (χ1) is 11.2. The van der Waals surface area contributed by atoms with Crippen molar-refractivity contribution in [3.8, 4) is 11.3 Å². The number of hydrogen-bond acceptors (Lipinski definition) is 5. The fraction of sp³-hybridized carbons (Fsp3) is 0.167. The van der Waals surface area contributed by atoms with Gasteiger partial charge in [-0.25, -0.2) is 9.78 Å². The molecule has 0 spiro atoms. The molecule has 0 atom stereocenters. The number of benzene rings is 1. The van der Waals surface area contributed by atoms with Crippen LogP contribution in [0, 0.1) is 6.92 Å². The molecule has 0 bridgehead atoms. The highest BCUT2D eigenvalue weighted by atomic mass is 16.5. The van der Waals surface area contributed by atoms with Crippen LogP contribution < -0.4 is 0 Å². The normalized spacial score (nSPS) is 10.5. The smallest absolute Gasteiger partial charge is 0.361 e. The number of nitrogens with zero attached hydrogens (tertiary/aromatic N) is 2. The average Bonchev–Trinajstić information content (AvgIpc) is 3.06. The predicted molar refractivity (Wildman–Crippen MR) is 84.9 cm³/mol. The first-order valence-corrected chi connectivity index (χ1v) is 7.30. The lowest BCUT2D eigenvalue weighted by Crippen LogP contribution is -2.09. The zero-order valence-electron chi connectivity index (χ0n) is 12.7. The molecule has 1 aromatic carbocycles. The van der Waals surface area contributed by atoms with E-state index in [0.29, 0.717) is 12.2 Å². The molecule has 3 aromatic rings. The Hall–Kier alpha value is -2.95. The van der Waals surface area contributed by atoms with Gasteiger partial charge in [-0.1, -0.05) is 35.9 Å². The maximum atomic E-state index is 12.2. The fourth-order valence-electron chi connectivity index (χ4n) is 2.18. The van der Waals surface area contributed by atoms with Gasteiger partial charge in [0.1, 0.15) is 0 Å². The van der Waals surface area contributed by atoms with Gasteiger partial charge in [0.2, 0.25) is 0 Å². The Balaban J connectivity index is 1.66. The van der Waals surface area contributed by atoms with Crippen molar-refractivity contribution in [2.24, 2.45) is 0 Å². The van der Waals surface area contributed by atoms with Crippen molar-refractivity contribution in [2.75, 3.05) is 6.61 Å². The summed E-state index contributed by atoms with van der Waals surface area (Å²) in [6.45, 7) is 2.27. The Morgan fingerprint density at radius 1 is 1.22 bits per heavy atom. The highest BCUT2D eigenvalue weighted by Crippen LogP contribution is 2.24. The summed E-state index contributed by atoms with van der Waals surface area (Å²) in [7, 11) is 0. The van der Waals surface area contributed by atoms with Crippen molar-refractivity contribution in [3.63, 3.8) is 0 Å². The molecule has 2 heterocycles. The summed E-state index contributed by atoms with van der Waals surface area (Å²) in [5.41, 5.74) is 3.14. The molecule has 0 aliphatic heterocycles. The van der Waals surface area contributed by atoms with Gasteiger partial charge in [0.05, 0.1) is 6.61 Å². The van der Waals surface area contributed by atoms with Crippen molar-refractivity contribution in [1.29, 1.82) is 0 Å². The van der Waals surface area contributed by atoms with Gasteiger partial charge >= 0.3 is 5.97 Å². The molecule has 5 nitrogen and oxygen atoms in total. The first-order valence-electron chi connectivity index (χ1n) is 7.30. The zero-order valence-corrected chi connectivity index (χ0v) is 12.7. The van der Waals surface area contributed by atoms with Crippen molar-refractivity contribution < 1.29 is 13.9 Å². The third-order valence-corrected chi connectivity index (χ3v) is 3.42. The van der Waals surface area contributed by atoms with Crippen molar-refractivity contribution in [1.82, 2.24) is 9.97 Å². The van der Waals surface area contributed by atoms with Gasteiger partial charge in [0.15, 0.2) is 17.8 Å². The summed E-state index contributed by atoms with van der Waals surface area (Å²) in [6.07, 6.45) is 5.32. The molecule has 0 radical (unpaired) electrons. The van der Waals surface area contributed by atoms with Gasteiger partial charge in [0, 0.05) is 24.4 Å². The topological polar surface area (TPSA) is 65.2 Å². The SMILES string of the molecule is Cc1ccc(-c2ocnc2C(=O)OCCc2cccnc2)cc1. The molecular formula is C18H16N2O3. The molecular weight excluding hydrogens is 292 g/mol. The van der Waals surface area contributed by atoms with E-state index in [1.807, 2.05) is 43.3 Å². The van der Waals surface area contributed by atoms with E-state index in [0.717, 1.165) is 16.7 Å². The molecule has 0 aliphatic rings. The van der Waals surface area contributed by atoms with Crippen LogP contribution in [0.25, 0.3) is 11.3 Å². The highest BCUT2D eigenvalue weighted by molar-refractivity contribution is 5.93. The van der Waals surface area contributed by atoms with Gasteiger partial charge in [-0.15, -0.1) is 0 Å². The van der Waals surface area contributed by atoms with Gasteiger partial charge in [0.25, 0.3) is 0 Å². The number of pyridine rings is 1. The molecule has 3 rings (SSSR count). The van der Waals surface area contributed by atoms with E-state index >= 15 is 0 Å². The van der Waals surface area contributed by atoms with Crippen molar-refractivity contribution in [3.05, 3.63) is 72.0 Å². The number of esters is 1. The highest BCUT2D eigenvalue weighted by Gasteiger charge is 2.19. The molecule has 2 aromatic heterocycles. The van der Waals surface area contributed by atoms with E-state index in [1.54, 1.807) is 12.4 Å². The van der Waals surface area contributed by atoms with Gasteiger partial charge in [-0.2, -0.15) is 0 Å². The number of ether oxygens (including phenoxy) is 1. The maximum Gasteiger partial charge on any atom is 0.361 e. The number of carbonyl (C=O) groups is 1. The second-order valence-corrected chi connectivity index (χ2v) is 5.14. The fourth-order valence-corrected chi connectivity index (χ4v) is 2.18. The summed E-state index contributed by atoms with van der Waals surface area (Å²) in [6, 6.07) is 11.5. The lowest BCUT2D eigenvalue weighted by Gasteiger charge is -2.04. The third kappa shape index (κ3) is 3.63. The molecule has 0 N–H and O–H groups in total. The monoisotopic (exact) mass is 308 g/mol. The molecule has 0 fully saturated rings. The lowest BCUT2D eigenvalue weighted by molar-refractivity contribution is 0.0503. The van der Waals surface area contributed by atoms with E-state index in [9.17, 15) is 4.79 Å². The Kier molecular flexibility index (Phi) is 4.47. The maximum absolute atomic E-state index is 12.2. The number of aromatic nitrogens is 2. The first kappa shape index (κ1) is 15.0. The zero-order chi connectivity index (χ0) is 16.1. The quantitative estimate of drug-likeness (QED) is 0.675. The van der Waals surface area contributed by atoms with Crippen molar-refractivity contribution in [2.45, 2.75) is 13.3 Å². The summed E-state index contributed by atoms with van der Waals surface area (Å²) in [4.78, 5) is 20.2. The van der Waals surface area contributed by atoms with Crippen LogP contribution in [0.4, 0.5) is 0 Å². The summed E-state index contributed by atoms with van der Waals surface area (Å²) >= 11 is 0. The summed E-state index contributed by atoms with van der Waals surface area (Å²) in [5.74, 6) is -0.0606. The van der Waals surface area contributed by atoms with Crippen molar-refractivity contribution >= 4 is 5.97 Å². The van der Waals surface area contributed by atoms with Crippen LogP contribution >= 0.6 is 0 Å². The standard InChI is InChI=1S/C18H16N2O3/c1-13-4-6-15(7-5-13)17-16(20-12-23-17)18(21)22-10-8-14-3-2-9-19-11-14/h2-7,9,11-12H,8,10H2,1H3. The Labute approximate surface area is 134 Å². The number of carbonyl (C=O) groups excluding carboxylic acids is 1. The average molecular weight is 308 g/mol. The molecule has 0 saturated carbocycles. The van der Waals surface area contributed by atoms with E-state index in [4.69, 9.17) is 9.15 Å². The van der Waals surface area contributed by atoms with Crippen LogP contribution in [0.5, 0.6) is 0 Å². The van der Waals surface area contributed by atoms with Crippen LogP contribution in [-0.2, 0) is 11.2 Å². The van der Waals surface area contributed by atoms with Gasteiger partial charge in [-0.05, 0) is 18.6 Å². The van der Waals surface area contributed by atoms with E-state index in [2.05, 4.69) is 9.97 Å². The Bertz CT molecular complexity index is 780. The minimum atomic E-state index is -0.488. The van der Waals surface area contributed by atoms with E-state index in [-0.39, 0.29) is 12.3 Å². The second kappa shape index (κ2) is 6.87. The minimum absolute atomic E-state index is 0.194. The Morgan fingerprint density at radius 2 is 2.04 bits per heavy atom. The second-order valence-electron chi connectivity index (χ2n) is 5.14. The molecule has 0 aliphatic carbocycles. The van der Waals surface area contributed by atoms with Crippen LogP contribution in [-0.4, -0.2) is 22.5 Å². The molecule has 0 amide bonds. The van der Waals surface area contributed by atoms with E-state index < -0.39 is 5.97 Å². The van der Waals surface area contributed by atoms with Crippen LogP contribution in [0.1, 0.15) is 21.6 Å². The molecule has 5 heteroatoms. The molecule has 23 heavy (non-hydrogen) atoms. The number of hydrogen-bond donors (Lipinski definition) is 0. The van der Waals surface area contributed by atoms with E-state index in [1.165, 1.54) is 6.39 Å². The molecule has 116 valence electrons. The van der Waals surface area contributed by atoms with Crippen LogP contribution in [0.2, 0.25) is 0 Å². The third-order valence-electron chi connectivity index (χ3n) is 3.42. The number of aryl methyl sites for hydroxylation is 1. The lowest BCUT2D eigenvalue weighted by atomic mass is 10.1. The molecule has 0 saturated heterocycles. The Morgan fingerprint density at radius 3 is 2.78 bits per heavy atom. The predicted octanol–water partition coefficient (Wildman–Crippen LogP) is 3.44. The van der Waals surface area contributed by atoms with Gasteiger partial charge < -0.3 is 9.15 Å². The van der Waals surface area contributed by atoms with Crippen LogP contribution in [0.3, 0.4) is 0 Å². The van der Waals surface area contributed by atoms with Gasteiger partial charge in [-0.3, -0.25) is 4.98 Å². The van der Waals surface area contributed by atoms with Crippen LogP contribution in [0.15, 0.2) is 59.6 Å². The summed E-state index contributed by atoms with van der Waals surface area (Å²) in [5, 5.41) is 0. The number of oxazole rings is 1.